The highest BCUT2D eigenvalue weighted by molar-refractivity contribution is 7.80. The van der Waals surface area contributed by atoms with Crippen molar-refractivity contribution in [2.45, 2.75) is 4.90 Å². The molecule has 0 aliphatic rings. The van der Waals surface area contributed by atoms with E-state index < -0.39 is 0 Å². The lowest BCUT2D eigenvalue weighted by molar-refractivity contribution is 1.33. The molecule has 0 spiro atoms. The number of rotatable bonds is 1. The summed E-state index contributed by atoms with van der Waals surface area (Å²) in [6.07, 6.45) is 0. The maximum absolute atomic E-state index is 5.54. The first-order valence-corrected chi connectivity index (χ1v) is 3.24. The molecule has 1 aromatic rings. The van der Waals surface area contributed by atoms with Gasteiger partial charge in [0, 0.05) is 4.90 Å². The van der Waals surface area contributed by atoms with Crippen LogP contribution in [0.15, 0.2) is 23.1 Å². The lowest BCUT2D eigenvalue weighted by Gasteiger charge is -2.03. The average molecular weight is 155 g/mol. The third-order valence-corrected chi connectivity index (χ3v) is 1.47. The molecule has 0 unspecified atom stereocenters. The number of hydrogen-bond acceptors (Lipinski definition) is 4. The van der Waals surface area contributed by atoms with Crippen LogP contribution in [-0.4, -0.2) is 0 Å². The molecule has 0 aromatic heterocycles. The Balaban J connectivity index is 3.07. The summed E-state index contributed by atoms with van der Waals surface area (Å²) in [6.45, 7) is 0. The van der Waals surface area contributed by atoms with Crippen LogP contribution >= 0.6 is 12.6 Å². The highest BCUT2D eigenvalue weighted by Crippen LogP contribution is 2.19. The van der Waals surface area contributed by atoms with Gasteiger partial charge in [0.1, 0.15) is 0 Å². The fourth-order valence-electron chi connectivity index (χ4n) is 0.682. The van der Waals surface area contributed by atoms with E-state index in [9.17, 15) is 0 Å². The van der Waals surface area contributed by atoms with Crippen molar-refractivity contribution in [3.63, 3.8) is 0 Å². The molecule has 4 heteroatoms. The highest BCUT2D eigenvalue weighted by Gasteiger charge is 1.94. The number of anilines is 2. The summed E-state index contributed by atoms with van der Waals surface area (Å²) in [6, 6.07) is 5.32. The standard InChI is InChI=1S/C6H9N3S/c7-5-3-4(10)1-2-6(5)9-8/h1-3,9-10H,7-8H2. The summed E-state index contributed by atoms with van der Waals surface area (Å²) >= 11 is 4.09. The number of benzene rings is 1. The number of hydrogen-bond donors (Lipinski definition) is 4. The molecule has 0 aliphatic carbocycles. The third kappa shape index (κ3) is 1.34. The van der Waals surface area contributed by atoms with E-state index in [0.29, 0.717) is 5.69 Å². The SMILES string of the molecule is NNc1ccc(S)cc1N. The van der Waals surface area contributed by atoms with Crippen LogP contribution in [0.5, 0.6) is 0 Å². The first-order valence-electron chi connectivity index (χ1n) is 2.79. The van der Waals surface area contributed by atoms with Crippen LogP contribution < -0.4 is 17.0 Å². The minimum Gasteiger partial charge on any atom is -0.397 e. The van der Waals surface area contributed by atoms with Crippen molar-refractivity contribution in [2.75, 3.05) is 11.2 Å². The lowest BCUT2D eigenvalue weighted by Crippen LogP contribution is -2.08. The number of hydrazine groups is 1. The highest BCUT2D eigenvalue weighted by atomic mass is 32.1. The van der Waals surface area contributed by atoms with Gasteiger partial charge in [0.05, 0.1) is 11.4 Å². The molecule has 5 N–H and O–H groups in total. The summed E-state index contributed by atoms with van der Waals surface area (Å²) in [7, 11) is 0. The molecule has 0 fully saturated rings. The molecule has 0 heterocycles. The molecular weight excluding hydrogens is 146 g/mol. The Bertz CT molecular complexity index is 236. The van der Waals surface area contributed by atoms with Crippen molar-refractivity contribution in [1.29, 1.82) is 0 Å². The number of nitrogen functional groups attached to an aromatic ring is 2. The van der Waals surface area contributed by atoms with Gasteiger partial charge in [-0.2, -0.15) is 0 Å². The maximum Gasteiger partial charge on any atom is 0.0716 e. The first kappa shape index (κ1) is 7.24. The van der Waals surface area contributed by atoms with Gasteiger partial charge in [-0.05, 0) is 18.2 Å². The van der Waals surface area contributed by atoms with Crippen LogP contribution in [0.1, 0.15) is 0 Å². The summed E-state index contributed by atoms with van der Waals surface area (Å²) < 4.78 is 0. The van der Waals surface area contributed by atoms with E-state index in [1.54, 1.807) is 12.1 Å². The second kappa shape index (κ2) is 2.81. The molecule has 3 nitrogen and oxygen atoms in total. The monoisotopic (exact) mass is 155 g/mol. The Morgan fingerprint density at radius 2 is 2.10 bits per heavy atom. The van der Waals surface area contributed by atoms with Gasteiger partial charge in [0.2, 0.25) is 0 Å². The Morgan fingerprint density at radius 1 is 1.40 bits per heavy atom. The molecule has 0 amide bonds. The van der Waals surface area contributed by atoms with Gasteiger partial charge in [-0.25, -0.2) is 0 Å². The normalized spacial score (nSPS) is 9.40. The van der Waals surface area contributed by atoms with Crippen LogP contribution in [0.2, 0.25) is 0 Å². The smallest absolute Gasteiger partial charge is 0.0716 e. The van der Waals surface area contributed by atoms with Crippen molar-refractivity contribution in [1.82, 2.24) is 0 Å². The molecule has 0 bridgehead atoms. The zero-order valence-electron chi connectivity index (χ0n) is 5.33. The van der Waals surface area contributed by atoms with Gasteiger partial charge >= 0.3 is 0 Å². The van der Waals surface area contributed by atoms with Crippen LogP contribution in [0.3, 0.4) is 0 Å². The fraction of sp³-hybridized carbons (Fsp3) is 0. The zero-order valence-corrected chi connectivity index (χ0v) is 6.23. The van der Waals surface area contributed by atoms with E-state index in [2.05, 4.69) is 18.1 Å². The predicted molar refractivity (Wildman–Crippen MR) is 45.9 cm³/mol. The van der Waals surface area contributed by atoms with Gasteiger partial charge in [0.25, 0.3) is 0 Å². The minimum absolute atomic E-state index is 0.606. The van der Waals surface area contributed by atoms with Gasteiger partial charge in [0.15, 0.2) is 0 Å². The molecule has 0 saturated carbocycles. The van der Waals surface area contributed by atoms with Gasteiger partial charge in [-0.15, -0.1) is 12.6 Å². The number of nitrogens with one attached hydrogen (secondary N) is 1. The molecule has 0 atom stereocenters. The molecule has 0 aliphatic heterocycles. The summed E-state index contributed by atoms with van der Waals surface area (Å²) in [4.78, 5) is 0.830. The summed E-state index contributed by atoms with van der Waals surface area (Å²) in [5.74, 6) is 5.15. The Morgan fingerprint density at radius 3 is 2.60 bits per heavy atom. The quantitative estimate of drug-likeness (QED) is 0.210. The average Bonchev–Trinajstić information content (AvgIpc) is 1.88. The summed E-state index contributed by atoms with van der Waals surface area (Å²) in [5, 5.41) is 0. The molecule has 0 radical (unpaired) electrons. The van der Waals surface area contributed by atoms with E-state index in [4.69, 9.17) is 11.6 Å². The maximum atomic E-state index is 5.54. The van der Waals surface area contributed by atoms with Crippen molar-refractivity contribution in [3.05, 3.63) is 18.2 Å². The van der Waals surface area contributed by atoms with Gasteiger partial charge < -0.3 is 11.2 Å². The second-order valence-corrected chi connectivity index (χ2v) is 2.43. The van der Waals surface area contributed by atoms with Crippen LogP contribution in [0.25, 0.3) is 0 Å². The van der Waals surface area contributed by atoms with Gasteiger partial charge in [-0.3, -0.25) is 5.84 Å². The van der Waals surface area contributed by atoms with E-state index in [-0.39, 0.29) is 0 Å². The third-order valence-electron chi connectivity index (χ3n) is 1.19. The zero-order chi connectivity index (χ0) is 7.56. The Labute approximate surface area is 64.8 Å². The van der Waals surface area contributed by atoms with Gasteiger partial charge in [-0.1, -0.05) is 0 Å². The Hall–Kier alpha value is -0.870. The lowest BCUT2D eigenvalue weighted by atomic mass is 10.3. The van der Waals surface area contributed by atoms with Crippen LogP contribution in [0.4, 0.5) is 11.4 Å². The topological polar surface area (TPSA) is 64.1 Å². The Kier molecular flexibility index (Phi) is 2.03. The summed E-state index contributed by atoms with van der Waals surface area (Å²) in [5.41, 5.74) is 9.33. The van der Waals surface area contributed by atoms with Crippen molar-refractivity contribution >= 4 is 24.0 Å². The molecule has 54 valence electrons. The number of nitrogens with two attached hydrogens (primary N) is 2. The fourth-order valence-corrected chi connectivity index (χ4v) is 0.895. The van der Waals surface area contributed by atoms with Crippen molar-refractivity contribution in [2.24, 2.45) is 5.84 Å². The molecule has 0 saturated heterocycles. The minimum atomic E-state index is 0.606. The van der Waals surface area contributed by atoms with Crippen molar-refractivity contribution in [3.8, 4) is 0 Å². The van der Waals surface area contributed by atoms with E-state index in [0.717, 1.165) is 10.6 Å². The van der Waals surface area contributed by atoms with Crippen LogP contribution in [0, 0.1) is 0 Å². The van der Waals surface area contributed by atoms with E-state index >= 15 is 0 Å². The molecule has 1 aromatic carbocycles. The molecular formula is C6H9N3S. The largest absolute Gasteiger partial charge is 0.397 e. The second-order valence-electron chi connectivity index (χ2n) is 1.92. The van der Waals surface area contributed by atoms with Crippen molar-refractivity contribution < 1.29 is 0 Å². The molecule has 1 rings (SSSR count). The number of thiol groups is 1. The predicted octanol–water partition coefficient (Wildman–Crippen LogP) is 0.843. The molecule has 10 heavy (non-hydrogen) atoms. The van der Waals surface area contributed by atoms with E-state index in [1.807, 2.05) is 6.07 Å². The first-order chi connectivity index (χ1) is 4.74. The van der Waals surface area contributed by atoms with Crippen LogP contribution in [-0.2, 0) is 0 Å². The van der Waals surface area contributed by atoms with E-state index in [1.165, 1.54) is 0 Å².